The van der Waals surface area contributed by atoms with Crippen molar-refractivity contribution in [1.82, 2.24) is 30.8 Å². The van der Waals surface area contributed by atoms with E-state index in [9.17, 15) is 4.79 Å². The maximum absolute atomic E-state index is 12.5. The molecule has 2 atom stereocenters. The number of nitrogens with one attached hydrogen (secondary N) is 2. The van der Waals surface area contributed by atoms with Gasteiger partial charge in [-0.15, -0.1) is 5.10 Å². The average Bonchev–Trinajstić information content (AvgIpc) is 3.25. The molecule has 7 nitrogen and oxygen atoms in total. The van der Waals surface area contributed by atoms with Crippen LogP contribution in [0, 0.1) is 0 Å². The number of hydrogen-bond acceptors (Lipinski definition) is 4. The summed E-state index contributed by atoms with van der Waals surface area (Å²) in [5.74, 6) is 0.626. The Morgan fingerprint density at radius 2 is 1.84 bits per heavy atom. The van der Waals surface area contributed by atoms with Gasteiger partial charge in [-0.3, -0.25) is 0 Å². The Morgan fingerprint density at radius 3 is 2.44 bits per heavy atom. The second-order valence-corrected chi connectivity index (χ2v) is 6.95. The van der Waals surface area contributed by atoms with Crippen molar-refractivity contribution in [3.05, 3.63) is 41.7 Å². The van der Waals surface area contributed by atoms with E-state index in [2.05, 4.69) is 57.3 Å². The van der Waals surface area contributed by atoms with Crippen LogP contribution in [-0.2, 0) is 12.5 Å². The molecule has 1 aromatic carbocycles. The Hall–Kier alpha value is -2.44. The smallest absolute Gasteiger partial charge is 0.315 e. The molecule has 0 unspecified atom stereocenters. The molecule has 1 saturated carbocycles. The lowest BCUT2D eigenvalue weighted by Crippen LogP contribution is -2.51. The summed E-state index contributed by atoms with van der Waals surface area (Å²) in [5.41, 5.74) is 1.32. The molecule has 2 aromatic rings. The summed E-state index contributed by atoms with van der Waals surface area (Å²) in [7, 11) is 1.76. The van der Waals surface area contributed by atoms with Crippen LogP contribution in [0.15, 0.2) is 30.3 Å². The van der Waals surface area contributed by atoms with E-state index in [-0.39, 0.29) is 23.5 Å². The largest absolute Gasteiger partial charge is 0.335 e. The van der Waals surface area contributed by atoms with Crippen molar-refractivity contribution >= 4 is 6.03 Å². The number of tetrazole rings is 1. The highest BCUT2D eigenvalue weighted by molar-refractivity contribution is 5.74. The Bertz CT molecular complexity index is 707. The average molecular weight is 342 g/mol. The summed E-state index contributed by atoms with van der Waals surface area (Å²) in [6.07, 6.45) is 4.59. The number of aromatic nitrogens is 4. The first-order valence-corrected chi connectivity index (χ1v) is 8.88. The molecule has 134 valence electrons. The van der Waals surface area contributed by atoms with Gasteiger partial charge in [0.25, 0.3) is 0 Å². The monoisotopic (exact) mass is 342 g/mol. The van der Waals surface area contributed by atoms with Crippen LogP contribution in [0.3, 0.4) is 0 Å². The number of amides is 2. The number of urea groups is 1. The summed E-state index contributed by atoms with van der Waals surface area (Å²) < 4.78 is 1.57. The molecule has 3 rings (SSSR count). The summed E-state index contributed by atoms with van der Waals surface area (Å²) in [5, 5.41) is 17.4. The molecule has 1 aromatic heterocycles. The number of hydrogen-bond donors (Lipinski definition) is 2. The number of aryl methyl sites for hydroxylation is 1. The zero-order chi connectivity index (χ0) is 17.9. The van der Waals surface area contributed by atoms with Gasteiger partial charge in [-0.2, -0.15) is 0 Å². The summed E-state index contributed by atoms with van der Waals surface area (Å²) >= 11 is 0. The second kappa shape index (κ2) is 7.21. The van der Waals surface area contributed by atoms with E-state index in [1.165, 1.54) is 18.4 Å². The quantitative estimate of drug-likeness (QED) is 0.874. The standard InChI is InChI=1S/C18H26N6O/c1-13(16-21-22-23-24(16)3)19-17(25)20-14(2)18(11-7-8-12-18)15-9-5-4-6-10-15/h4-6,9-10,13-14H,7-8,11-12H2,1-3H3,(H2,19,20,25)/t13-,14+/m1/s1. The highest BCUT2D eigenvalue weighted by atomic mass is 16.2. The first-order valence-electron chi connectivity index (χ1n) is 8.88. The van der Waals surface area contributed by atoms with Gasteiger partial charge in [0.05, 0.1) is 6.04 Å². The first kappa shape index (κ1) is 17.4. The number of carbonyl (C=O) groups excluding carboxylic acids is 1. The molecule has 1 heterocycles. The van der Waals surface area contributed by atoms with Crippen molar-refractivity contribution in [3.63, 3.8) is 0 Å². The lowest BCUT2D eigenvalue weighted by molar-refractivity contribution is 0.223. The number of rotatable bonds is 5. The molecule has 2 N–H and O–H groups in total. The van der Waals surface area contributed by atoms with E-state index in [4.69, 9.17) is 0 Å². The zero-order valence-corrected chi connectivity index (χ0v) is 15.1. The molecule has 25 heavy (non-hydrogen) atoms. The normalized spacial score (nSPS) is 18.5. The van der Waals surface area contributed by atoms with Crippen molar-refractivity contribution in [3.8, 4) is 0 Å². The molecule has 0 bridgehead atoms. The molecule has 0 aliphatic heterocycles. The summed E-state index contributed by atoms with van der Waals surface area (Å²) in [6, 6.07) is 10.1. The van der Waals surface area contributed by atoms with Crippen LogP contribution in [0.2, 0.25) is 0 Å². The summed E-state index contributed by atoms with van der Waals surface area (Å²) in [6.45, 7) is 3.98. The van der Waals surface area contributed by atoms with E-state index in [0.29, 0.717) is 5.82 Å². The molecule has 7 heteroatoms. The lowest BCUT2D eigenvalue weighted by Gasteiger charge is -2.36. The van der Waals surface area contributed by atoms with Crippen LogP contribution in [0.25, 0.3) is 0 Å². The van der Waals surface area contributed by atoms with Crippen LogP contribution in [-0.4, -0.2) is 32.3 Å². The van der Waals surface area contributed by atoms with Gasteiger partial charge in [-0.05, 0) is 42.7 Å². The van der Waals surface area contributed by atoms with Crippen molar-refractivity contribution in [1.29, 1.82) is 0 Å². The SMILES string of the molecule is C[C@H](NC(=O)N[C@H](C)c1nnnn1C)C1(c2ccccc2)CCCC1. The highest BCUT2D eigenvalue weighted by Crippen LogP contribution is 2.43. The molecule has 1 aliphatic carbocycles. The van der Waals surface area contributed by atoms with Crippen LogP contribution in [0.5, 0.6) is 0 Å². The maximum atomic E-state index is 12.5. The van der Waals surface area contributed by atoms with Crippen molar-refractivity contribution in [2.24, 2.45) is 7.05 Å². The third-order valence-electron chi connectivity index (χ3n) is 5.41. The Labute approximate surface area is 148 Å². The molecular weight excluding hydrogens is 316 g/mol. The minimum absolute atomic E-state index is 0.00811. The predicted octanol–water partition coefficient (Wildman–Crippen LogP) is 2.47. The van der Waals surface area contributed by atoms with Gasteiger partial charge >= 0.3 is 6.03 Å². The van der Waals surface area contributed by atoms with Crippen LogP contribution >= 0.6 is 0 Å². The maximum Gasteiger partial charge on any atom is 0.315 e. The van der Waals surface area contributed by atoms with E-state index >= 15 is 0 Å². The number of carbonyl (C=O) groups is 1. The van der Waals surface area contributed by atoms with Gasteiger partial charge in [0.15, 0.2) is 5.82 Å². The van der Waals surface area contributed by atoms with E-state index in [1.807, 2.05) is 13.0 Å². The zero-order valence-electron chi connectivity index (χ0n) is 15.1. The fourth-order valence-electron chi connectivity index (χ4n) is 3.99. The molecular formula is C18H26N6O. The van der Waals surface area contributed by atoms with Gasteiger partial charge < -0.3 is 10.6 Å². The molecule has 0 spiro atoms. The Morgan fingerprint density at radius 1 is 1.16 bits per heavy atom. The molecule has 0 radical (unpaired) electrons. The van der Waals surface area contributed by atoms with Crippen molar-refractivity contribution in [2.45, 2.75) is 57.0 Å². The number of benzene rings is 1. The molecule has 0 saturated heterocycles. The van der Waals surface area contributed by atoms with E-state index in [0.717, 1.165) is 12.8 Å². The van der Waals surface area contributed by atoms with Gasteiger partial charge in [-0.25, -0.2) is 9.48 Å². The topological polar surface area (TPSA) is 84.7 Å². The van der Waals surface area contributed by atoms with Gasteiger partial charge in [0.1, 0.15) is 0 Å². The van der Waals surface area contributed by atoms with Crippen LogP contribution in [0.1, 0.15) is 57.0 Å². The highest BCUT2D eigenvalue weighted by Gasteiger charge is 2.41. The van der Waals surface area contributed by atoms with Crippen LogP contribution in [0.4, 0.5) is 4.79 Å². The van der Waals surface area contributed by atoms with Crippen molar-refractivity contribution < 1.29 is 4.79 Å². The van der Waals surface area contributed by atoms with Crippen molar-refractivity contribution in [2.75, 3.05) is 0 Å². The Kier molecular flexibility index (Phi) is 5.01. The molecule has 1 fully saturated rings. The fraction of sp³-hybridized carbons (Fsp3) is 0.556. The van der Waals surface area contributed by atoms with Gasteiger partial charge in [-0.1, -0.05) is 43.2 Å². The molecule has 2 amide bonds. The predicted molar refractivity (Wildman–Crippen MR) is 94.9 cm³/mol. The third kappa shape index (κ3) is 3.50. The first-order chi connectivity index (χ1) is 12.0. The van der Waals surface area contributed by atoms with Gasteiger partial charge in [0.2, 0.25) is 0 Å². The van der Waals surface area contributed by atoms with E-state index < -0.39 is 0 Å². The lowest BCUT2D eigenvalue weighted by atomic mass is 9.73. The number of nitrogens with zero attached hydrogens (tertiary/aromatic N) is 4. The molecule has 1 aliphatic rings. The second-order valence-electron chi connectivity index (χ2n) is 6.95. The van der Waals surface area contributed by atoms with Gasteiger partial charge in [0, 0.05) is 18.5 Å². The Balaban J connectivity index is 1.68. The minimum Gasteiger partial charge on any atom is -0.335 e. The van der Waals surface area contributed by atoms with Crippen LogP contribution < -0.4 is 10.6 Å². The minimum atomic E-state index is -0.261. The van der Waals surface area contributed by atoms with E-state index in [1.54, 1.807) is 11.7 Å². The summed E-state index contributed by atoms with van der Waals surface area (Å²) in [4.78, 5) is 12.5. The fourth-order valence-corrected chi connectivity index (χ4v) is 3.99. The third-order valence-corrected chi connectivity index (χ3v) is 5.41.